The summed E-state index contributed by atoms with van der Waals surface area (Å²) in [6, 6.07) is 4.61. The first kappa shape index (κ1) is 16.6. The molecule has 0 amide bonds. The first-order valence-corrected chi connectivity index (χ1v) is 6.17. The minimum Gasteiger partial charge on any atom is -0.469 e. The molecule has 0 spiro atoms. The zero-order valence-electron chi connectivity index (χ0n) is 12.0. The second kappa shape index (κ2) is 6.78. The number of rotatable bonds is 6. The molecule has 0 aliphatic heterocycles. The van der Waals surface area contributed by atoms with Gasteiger partial charge in [-0.1, -0.05) is 12.1 Å². The van der Waals surface area contributed by atoms with Crippen LogP contribution < -0.4 is 0 Å². The second-order valence-corrected chi connectivity index (χ2v) is 4.82. The number of aldehydes is 1. The van der Waals surface area contributed by atoms with Crippen molar-refractivity contribution in [3.63, 3.8) is 0 Å². The van der Waals surface area contributed by atoms with Crippen LogP contribution in [0.4, 0.5) is 0 Å². The molecule has 1 atom stereocenters. The van der Waals surface area contributed by atoms with Gasteiger partial charge in [-0.05, 0) is 31.0 Å². The molecule has 0 N–H and O–H groups in total. The second-order valence-electron chi connectivity index (χ2n) is 4.82. The average Bonchev–Trinajstić information content (AvgIpc) is 2.46. The summed E-state index contributed by atoms with van der Waals surface area (Å²) in [5, 5.41) is 0. The minimum atomic E-state index is -1.05. The molecule has 0 fully saturated rings. The monoisotopic (exact) mass is 292 g/mol. The van der Waals surface area contributed by atoms with E-state index in [0.29, 0.717) is 17.4 Å². The van der Waals surface area contributed by atoms with Gasteiger partial charge in [0.15, 0.2) is 0 Å². The van der Waals surface area contributed by atoms with Crippen molar-refractivity contribution in [2.24, 2.45) is 0 Å². The molecular weight excluding hydrogens is 276 g/mol. The molecule has 6 heteroatoms. The maximum Gasteiger partial charge on any atom is 0.345 e. The van der Waals surface area contributed by atoms with Crippen molar-refractivity contribution in [2.45, 2.75) is 25.7 Å². The van der Waals surface area contributed by atoms with Crippen LogP contribution in [0.3, 0.4) is 0 Å². The summed E-state index contributed by atoms with van der Waals surface area (Å²) < 4.78 is 8.86. The Hall–Kier alpha value is -2.50. The van der Waals surface area contributed by atoms with E-state index in [1.807, 2.05) is 0 Å². The van der Waals surface area contributed by atoms with Crippen LogP contribution >= 0.6 is 0 Å². The van der Waals surface area contributed by atoms with Crippen LogP contribution in [-0.4, -0.2) is 31.8 Å². The van der Waals surface area contributed by atoms with Crippen LogP contribution in [0.5, 0.6) is 0 Å². The summed E-state index contributed by atoms with van der Waals surface area (Å²) in [6.07, 6.45) is 0.562. The highest BCUT2D eigenvalue weighted by molar-refractivity contribution is 5.94. The molecule has 0 saturated heterocycles. The predicted molar refractivity (Wildman–Crippen MR) is 72.7 cm³/mol. The van der Waals surface area contributed by atoms with Gasteiger partial charge in [0.25, 0.3) is 0 Å². The van der Waals surface area contributed by atoms with E-state index in [1.165, 1.54) is 13.2 Å². The number of benzene rings is 1. The third-order valence-electron chi connectivity index (χ3n) is 3.26. The van der Waals surface area contributed by atoms with Crippen LogP contribution in [0.15, 0.2) is 18.2 Å². The minimum absolute atomic E-state index is 0.0580. The zero-order valence-corrected chi connectivity index (χ0v) is 12.0. The molecule has 0 radical (unpaired) electrons. The maximum atomic E-state index is 11.5. The molecule has 21 heavy (non-hydrogen) atoms. The standard InChI is InChI=1S/C15H16O6/c1-10-6-11(4-5-12(10)14(19)21-9-17)15(2,8-16)7-13(18)20-3/h4-6,8-9H,7H2,1-3H3. The Labute approximate surface area is 122 Å². The van der Waals surface area contributed by atoms with Gasteiger partial charge in [0, 0.05) is 0 Å². The summed E-state index contributed by atoms with van der Waals surface area (Å²) >= 11 is 0. The van der Waals surface area contributed by atoms with Crippen LogP contribution in [0, 0.1) is 6.92 Å². The van der Waals surface area contributed by atoms with Crippen molar-refractivity contribution in [1.29, 1.82) is 0 Å². The van der Waals surface area contributed by atoms with Crippen LogP contribution in [-0.2, 0) is 29.3 Å². The normalized spacial score (nSPS) is 12.9. The lowest BCUT2D eigenvalue weighted by atomic mass is 9.80. The first-order valence-electron chi connectivity index (χ1n) is 6.17. The highest BCUT2D eigenvalue weighted by Gasteiger charge is 2.30. The molecule has 112 valence electrons. The van der Waals surface area contributed by atoms with Gasteiger partial charge >= 0.3 is 18.4 Å². The topological polar surface area (TPSA) is 86.7 Å². The van der Waals surface area contributed by atoms with Crippen molar-refractivity contribution >= 4 is 24.7 Å². The molecule has 1 rings (SSSR count). The quantitative estimate of drug-likeness (QED) is 0.446. The lowest BCUT2D eigenvalue weighted by molar-refractivity contribution is -0.143. The Morgan fingerprint density at radius 3 is 2.43 bits per heavy atom. The molecule has 1 aromatic rings. The third-order valence-corrected chi connectivity index (χ3v) is 3.26. The van der Waals surface area contributed by atoms with E-state index >= 15 is 0 Å². The number of ether oxygens (including phenoxy) is 2. The summed E-state index contributed by atoms with van der Waals surface area (Å²) in [7, 11) is 1.25. The van der Waals surface area contributed by atoms with E-state index in [2.05, 4.69) is 9.47 Å². The number of esters is 2. The van der Waals surface area contributed by atoms with Gasteiger partial charge in [0.05, 0.1) is 24.5 Å². The largest absolute Gasteiger partial charge is 0.469 e. The molecule has 6 nitrogen and oxygen atoms in total. The highest BCUT2D eigenvalue weighted by Crippen LogP contribution is 2.28. The number of hydrogen-bond donors (Lipinski definition) is 0. The molecule has 0 aliphatic rings. The van der Waals surface area contributed by atoms with E-state index in [1.54, 1.807) is 26.0 Å². The van der Waals surface area contributed by atoms with Crippen LogP contribution in [0.25, 0.3) is 0 Å². The number of carbonyl (C=O) groups excluding carboxylic acids is 4. The van der Waals surface area contributed by atoms with Gasteiger partial charge < -0.3 is 14.3 Å². The number of methoxy groups -OCH3 is 1. The Bertz CT molecular complexity index is 578. The third kappa shape index (κ3) is 3.75. The SMILES string of the molecule is COC(=O)CC(C)(C=O)c1ccc(C(=O)OC=O)c(C)c1. The van der Waals surface area contributed by atoms with Crippen molar-refractivity contribution < 1.29 is 28.7 Å². The van der Waals surface area contributed by atoms with Gasteiger partial charge in [0.2, 0.25) is 0 Å². The van der Waals surface area contributed by atoms with Crippen molar-refractivity contribution in [2.75, 3.05) is 7.11 Å². The Morgan fingerprint density at radius 1 is 1.29 bits per heavy atom. The van der Waals surface area contributed by atoms with Gasteiger partial charge in [-0.3, -0.25) is 9.59 Å². The molecule has 0 aliphatic carbocycles. The fourth-order valence-corrected chi connectivity index (χ4v) is 1.94. The van der Waals surface area contributed by atoms with Gasteiger partial charge in [-0.25, -0.2) is 4.79 Å². The summed E-state index contributed by atoms with van der Waals surface area (Å²) in [4.78, 5) is 44.5. The lowest BCUT2D eigenvalue weighted by Crippen LogP contribution is -2.28. The average molecular weight is 292 g/mol. The number of aryl methyl sites for hydroxylation is 1. The molecule has 0 saturated carbocycles. The Morgan fingerprint density at radius 2 is 1.95 bits per heavy atom. The van der Waals surface area contributed by atoms with E-state index in [9.17, 15) is 19.2 Å². The molecule has 1 aromatic carbocycles. The molecular formula is C15H16O6. The predicted octanol–water partition coefficient (Wildman–Crippen LogP) is 1.33. The van der Waals surface area contributed by atoms with E-state index in [-0.39, 0.29) is 18.5 Å². The Balaban J connectivity index is 3.16. The fraction of sp³-hybridized carbons (Fsp3) is 0.333. The first-order chi connectivity index (χ1) is 9.87. The summed E-state index contributed by atoms with van der Waals surface area (Å²) in [5.74, 6) is -1.28. The summed E-state index contributed by atoms with van der Waals surface area (Å²) in [6.45, 7) is 3.31. The lowest BCUT2D eigenvalue weighted by Gasteiger charge is -2.23. The fourth-order valence-electron chi connectivity index (χ4n) is 1.94. The smallest absolute Gasteiger partial charge is 0.345 e. The highest BCUT2D eigenvalue weighted by atomic mass is 16.6. The molecule has 0 aromatic heterocycles. The zero-order chi connectivity index (χ0) is 16.0. The summed E-state index contributed by atoms with van der Waals surface area (Å²) in [5.41, 5.74) is 0.280. The van der Waals surface area contributed by atoms with Crippen molar-refractivity contribution in [3.8, 4) is 0 Å². The maximum absolute atomic E-state index is 11.5. The van der Waals surface area contributed by atoms with Crippen LogP contribution in [0.1, 0.15) is 34.8 Å². The number of carbonyl (C=O) groups is 4. The Kier molecular flexibility index (Phi) is 5.35. The van der Waals surface area contributed by atoms with E-state index < -0.39 is 17.4 Å². The molecule has 0 heterocycles. The molecule has 0 bridgehead atoms. The van der Waals surface area contributed by atoms with E-state index in [4.69, 9.17) is 0 Å². The number of hydrogen-bond acceptors (Lipinski definition) is 6. The molecule has 1 unspecified atom stereocenters. The van der Waals surface area contributed by atoms with Crippen LogP contribution in [0.2, 0.25) is 0 Å². The van der Waals surface area contributed by atoms with Crippen molar-refractivity contribution in [3.05, 3.63) is 34.9 Å². The van der Waals surface area contributed by atoms with Gasteiger partial charge in [-0.2, -0.15) is 0 Å². The van der Waals surface area contributed by atoms with Gasteiger partial charge in [-0.15, -0.1) is 0 Å². The van der Waals surface area contributed by atoms with Gasteiger partial charge in [0.1, 0.15) is 6.29 Å². The van der Waals surface area contributed by atoms with E-state index in [0.717, 1.165) is 0 Å². The van der Waals surface area contributed by atoms with Crippen molar-refractivity contribution in [1.82, 2.24) is 0 Å².